The fraction of sp³-hybridized carbons (Fsp3) is 0.217. The van der Waals surface area contributed by atoms with E-state index in [0.29, 0.717) is 0 Å². The number of methoxy groups -OCH3 is 1. The highest BCUT2D eigenvalue weighted by atomic mass is 16.6. The number of pyridine rings is 2. The number of benzene rings is 2. The molecule has 0 bridgehead atoms. The van der Waals surface area contributed by atoms with Crippen LogP contribution in [-0.4, -0.2) is 23.0 Å². The number of aromatic nitrogens is 2. The van der Waals surface area contributed by atoms with Crippen LogP contribution in [0.2, 0.25) is 0 Å². The van der Waals surface area contributed by atoms with E-state index in [1.165, 1.54) is 33.2 Å². The summed E-state index contributed by atoms with van der Waals surface area (Å²) >= 11 is 0. The van der Waals surface area contributed by atoms with Gasteiger partial charge in [-0.1, -0.05) is 24.3 Å². The molecule has 4 nitrogen and oxygen atoms in total. The van der Waals surface area contributed by atoms with Crippen molar-refractivity contribution in [1.29, 1.82) is 0 Å². The molecular formula is C23H17N2O2+. The van der Waals surface area contributed by atoms with Gasteiger partial charge in [0, 0.05) is 47.7 Å². The second-order valence-electron chi connectivity index (χ2n) is 7.90. The molecule has 7 rings (SSSR count). The lowest BCUT2D eigenvalue weighted by Crippen LogP contribution is -2.43. The van der Waals surface area contributed by atoms with Crippen LogP contribution in [0.15, 0.2) is 54.7 Å². The summed E-state index contributed by atoms with van der Waals surface area (Å²) in [6.07, 6.45) is 2.84. The van der Waals surface area contributed by atoms with Crippen LogP contribution in [0, 0.1) is 0 Å². The van der Waals surface area contributed by atoms with Crippen molar-refractivity contribution in [2.45, 2.75) is 24.2 Å². The van der Waals surface area contributed by atoms with Gasteiger partial charge in [-0.25, -0.2) is 0 Å². The first-order valence-electron chi connectivity index (χ1n) is 9.37. The van der Waals surface area contributed by atoms with E-state index in [2.05, 4.69) is 53.1 Å². The van der Waals surface area contributed by atoms with Gasteiger partial charge in [-0.05, 0) is 23.8 Å². The Balaban J connectivity index is 1.75. The highest BCUT2D eigenvalue weighted by molar-refractivity contribution is 6.01. The Hall–Kier alpha value is -2.82. The molecule has 1 fully saturated rings. The van der Waals surface area contributed by atoms with Gasteiger partial charge >= 0.3 is 0 Å². The second kappa shape index (κ2) is 4.35. The molecule has 4 aromatic rings. The molecule has 0 saturated heterocycles. The number of hydrogen-bond acceptors (Lipinski definition) is 3. The lowest BCUT2D eigenvalue weighted by Gasteiger charge is -2.24. The molecule has 3 unspecified atom stereocenters. The molecule has 2 aromatic heterocycles. The van der Waals surface area contributed by atoms with Crippen LogP contribution in [-0.2, 0) is 11.2 Å². The third-order valence-electron chi connectivity index (χ3n) is 6.72. The van der Waals surface area contributed by atoms with Crippen LogP contribution in [0.3, 0.4) is 0 Å². The quantitative estimate of drug-likeness (QED) is 0.372. The lowest BCUT2D eigenvalue weighted by atomic mass is 9.82. The second-order valence-corrected chi connectivity index (χ2v) is 7.90. The van der Waals surface area contributed by atoms with Crippen LogP contribution < -0.4 is 4.57 Å². The lowest BCUT2D eigenvalue weighted by molar-refractivity contribution is -0.678. The van der Waals surface area contributed by atoms with Gasteiger partial charge < -0.3 is 9.84 Å². The summed E-state index contributed by atoms with van der Waals surface area (Å²) < 4.78 is 7.96. The minimum atomic E-state index is -1.18. The third kappa shape index (κ3) is 1.47. The maximum Gasteiger partial charge on any atom is 0.244 e. The van der Waals surface area contributed by atoms with Crippen molar-refractivity contribution in [3.63, 3.8) is 0 Å². The summed E-state index contributed by atoms with van der Waals surface area (Å²) in [7, 11) is 1.60. The monoisotopic (exact) mass is 353 g/mol. The van der Waals surface area contributed by atoms with E-state index in [0.717, 1.165) is 23.0 Å². The minimum absolute atomic E-state index is 0.0864. The topological polar surface area (TPSA) is 46.2 Å². The smallest absolute Gasteiger partial charge is 0.244 e. The SMILES string of the molecule is COC1(O)C2c3cnc4cccc5c4c3-c3c(cc4ccccc4[n+]3C21)C5. The Morgan fingerprint density at radius 3 is 2.93 bits per heavy atom. The van der Waals surface area contributed by atoms with E-state index in [1.807, 2.05) is 6.20 Å². The van der Waals surface area contributed by atoms with Crippen molar-refractivity contribution in [3.05, 3.63) is 71.4 Å². The number of hydrogen-bond donors (Lipinski definition) is 1. The predicted octanol–water partition coefficient (Wildman–Crippen LogP) is 3.23. The molecule has 3 aliphatic rings. The van der Waals surface area contributed by atoms with E-state index in [9.17, 15) is 5.11 Å². The van der Waals surface area contributed by atoms with E-state index in [-0.39, 0.29) is 12.0 Å². The van der Waals surface area contributed by atoms with Gasteiger partial charge in [0.15, 0.2) is 0 Å². The molecule has 27 heavy (non-hydrogen) atoms. The number of aliphatic hydroxyl groups is 1. The van der Waals surface area contributed by atoms with E-state index < -0.39 is 5.79 Å². The van der Waals surface area contributed by atoms with Gasteiger partial charge in [0.2, 0.25) is 23.0 Å². The van der Waals surface area contributed by atoms with Crippen LogP contribution in [0.4, 0.5) is 0 Å². The molecule has 0 radical (unpaired) electrons. The summed E-state index contributed by atoms with van der Waals surface area (Å²) in [4.78, 5) is 4.72. The Morgan fingerprint density at radius 2 is 2.04 bits per heavy atom. The fourth-order valence-corrected chi connectivity index (χ4v) is 5.55. The Morgan fingerprint density at radius 1 is 1.15 bits per heavy atom. The normalized spacial score (nSPS) is 26.3. The van der Waals surface area contributed by atoms with Gasteiger partial charge in [-0.3, -0.25) is 4.98 Å². The highest BCUT2D eigenvalue weighted by Crippen LogP contribution is 2.64. The molecule has 1 saturated carbocycles. The molecule has 130 valence electrons. The molecule has 4 heteroatoms. The van der Waals surface area contributed by atoms with Crippen LogP contribution in [0.25, 0.3) is 33.1 Å². The zero-order chi connectivity index (χ0) is 17.9. The zero-order valence-corrected chi connectivity index (χ0v) is 14.8. The van der Waals surface area contributed by atoms with Crippen molar-refractivity contribution < 1.29 is 14.4 Å². The summed E-state index contributed by atoms with van der Waals surface area (Å²) in [5.41, 5.74) is 8.36. The summed E-state index contributed by atoms with van der Waals surface area (Å²) in [6, 6.07) is 17.0. The third-order valence-corrected chi connectivity index (χ3v) is 6.72. The number of rotatable bonds is 1. The van der Waals surface area contributed by atoms with Crippen molar-refractivity contribution in [2.24, 2.45) is 0 Å². The average molecular weight is 353 g/mol. The maximum atomic E-state index is 11.3. The van der Waals surface area contributed by atoms with Gasteiger partial charge in [0.05, 0.1) is 11.1 Å². The molecule has 1 aliphatic heterocycles. The first-order valence-corrected chi connectivity index (χ1v) is 9.37. The van der Waals surface area contributed by atoms with Crippen molar-refractivity contribution >= 4 is 21.8 Å². The number of para-hydroxylation sites is 1. The summed E-state index contributed by atoms with van der Waals surface area (Å²) in [6.45, 7) is 0. The molecule has 2 aromatic carbocycles. The molecular weight excluding hydrogens is 336 g/mol. The molecule has 3 heterocycles. The zero-order valence-electron chi connectivity index (χ0n) is 14.8. The Kier molecular flexibility index (Phi) is 2.30. The minimum Gasteiger partial charge on any atom is -0.360 e. The average Bonchev–Trinajstić information content (AvgIpc) is 3.33. The fourth-order valence-electron chi connectivity index (χ4n) is 5.55. The van der Waals surface area contributed by atoms with Crippen LogP contribution in [0.5, 0.6) is 0 Å². The first kappa shape index (κ1) is 14.3. The molecule has 0 amide bonds. The van der Waals surface area contributed by atoms with Crippen LogP contribution >= 0.6 is 0 Å². The van der Waals surface area contributed by atoms with Crippen molar-refractivity contribution in [2.75, 3.05) is 7.11 Å². The number of ether oxygens (including phenoxy) is 1. The standard InChI is InChI=1S/C23H17N2O2/c1-27-23(26)20-15-11-24-16-7-4-6-13-10-14-9-12-5-2-3-8-17(12)25(22(20)23)21(14)19(15)18(13)16/h2-9,11,20,22,26H,10H2,1H3/q+1. The Bertz CT molecular complexity index is 1330. The van der Waals surface area contributed by atoms with Gasteiger partial charge in [0.1, 0.15) is 5.92 Å². The van der Waals surface area contributed by atoms with Gasteiger partial charge in [-0.15, -0.1) is 0 Å². The van der Waals surface area contributed by atoms with Crippen molar-refractivity contribution in [3.8, 4) is 11.3 Å². The predicted molar refractivity (Wildman–Crippen MR) is 101 cm³/mol. The molecule has 0 spiro atoms. The van der Waals surface area contributed by atoms with Crippen molar-refractivity contribution in [1.82, 2.24) is 4.98 Å². The van der Waals surface area contributed by atoms with E-state index >= 15 is 0 Å². The highest BCUT2D eigenvalue weighted by Gasteiger charge is 2.77. The van der Waals surface area contributed by atoms with Gasteiger partial charge in [-0.2, -0.15) is 4.57 Å². The summed E-state index contributed by atoms with van der Waals surface area (Å²) in [5, 5.41) is 13.7. The molecule has 2 aliphatic carbocycles. The largest absolute Gasteiger partial charge is 0.360 e. The summed E-state index contributed by atoms with van der Waals surface area (Å²) in [5.74, 6) is -1.27. The first-order chi connectivity index (χ1) is 13.2. The Labute approximate surface area is 155 Å². The molecule has 1 N–H and O–H groups in total. The van der Waals surface area contributed by atoms with Gasteiger partial charge in [0.25, 0.3) is 0 Å². The van der Waals surface area contributed by atoms with E-state index in [1.54, 1.807) is 7.11 Å². The number of nitrogens with zero attached hydrogens (tertiary/aromatic N) is 2. The molecule has 3 atom stereocenters. The van der Waals surface area contributed by atoms with E-state index in [4.69, 9.17) is 9.72 Å². The maximum absolute atomic E-state index is 11.3. The number of fused-ring (bicyclic) bond motifs is 5. The van der Waals surface area contributed by atoms with Crippen LogP contribution in [0.1, 0.15) is 28.7 Å².